The Bertz CT molecular complexity index is 746. The molecule has 0 bridgehead atoms. The summed E-state index contributed by atoms with van der Waals surface area (Å²) in [5, 5.41) is 2.83. The van der Waals surface area contributed by atoms with Crippen molar-refractivity contribution >= 4 is 41.9 Å². The number of carbonyl (C=O) groups excluding carboxylic acids is 1. The number of ether oxygens (including phenoxy) is 2. The standard InChI is InChI=1S/C17H25N2O5PS2/c1-11(2)15-10-27-17(26)19(15)25(21,18-12(3)16(20)23-5)24-14-8-6-7-13(9-14)22-4/h6-9,11-12,15H,10H2,1-5H3,(H,18,21)/t12-,15+,25+/m0/s1. The topological polar surface area (TPSA) is 77.1 Å². The van der Waals surface area contributed by atoms with Gasteiger partial charge in [0.25, 0.3) is 0 Å². The molecule has 1 heterocycles. The number of hydrogen-bond acceptors (Lipinski definition) is 7. The van der Waals surface area contributed by atoms with Gasteiger partial charge in [0.1, 0.15) is 21.9 Å². The van der Waals surface area contributed by atoms with E-state index in [1.807, 2.05) is 13.8 Å². The van der Waals surface area contributed by atoms with Crippen LogP contribution in [0.2, 0.25) is 0 Å². The van der Waals surface area contributed by atoms with Crippen molar-refractivity contribution in [3.05, 3.63) is 24.3 Å². The summed E-state index contributed by atoms with van der Waals surface area (Å²) in [6.07, 6.45) is 0. The van der Waals surface area contributed by atoms with Crippen LogP contribution in [0.5, 0.6) is 11.5 Å². The molecule has 10 heteroatoms. The van der Waals surface area contributed by atoms with Gasteiger partial charge in [0.15, 0.2) is 0 Å². The fourth-order valence-electron chi connectivity index (χ4n) is 2.61. The van der Waals surface area contributed by atoms with E-state index in [0.717, 1.165) is 0 Å². The molecule has 1 saturated heterocycles. The molecule has 1 aliphatic heterocycles. The van der Waals surface area contributed by atoms with Crippen molar-refractivity contribution in [1.29, 1.82) is 0 Å². The highest BCUT2D eigenvalue weighted by molar-refractivity contribution is 8.23. The molecule has 0 unspecified atom stereocenters. The second kappa shape index (κ2) is 9.28. The third-order valence-corrected chi connectivity index (χ3v) is 8.12. The monoisotopic (exact) mass is 432 g/mol. The van der Waals surface area contributed by atoms with E-state index in [9.17, 15) is 9.36 Å². The SMILES string of the molecule is COC(=O)[C@H](C)N[P@@](=O)(Oc1cccc(OC)c1)N1C(=S)SC[C@@H]1C(C)C. The second-order valence-corrected chi connectivity index (χ2v) is 9.96. The molecular weight excluding hydrogens is 407 g/mol. The maximum atomic E-state index is 14.0. The molecule has 0 amide bonds. The van der Waals surface area contributed by atoms with Crippen molar-refractivity contribution < 1.29 is 23.4 Å². The Hall–Kier alpha value is -1.28. The summed E-state index contributed by atoms with van der Waals surface area (Å²) < 4.78 is 32.0. The predicted molar refractivity (Wildman–Crippen MR) is 111 cm³/mol. The summed E-state index contributed by atoms with van der Waals surface area (Å²) >= 11 is 6.90. The van der Waals surface area contributed by atoms with Gasteiger partial charge in [-0.25, -0.2) is 9.65 Å². The van der Waals surface area contributed by atoms with Gasteiger partial charge in [-0.15, -0.1) is 0 Å². The molecule has 0 aromatic heterocycles. The van der Waals surface area contributed by atoms with Crippen molar-refractivity contribution in [2.45, 2.75) is 32.9 Å². The van der Waals surface area contributed by atoms with Gasteiger partial charge in [-0.1, -0.05) is 43.9 Å². The number of hydrogen-bond donors (Lipinski definition) is 1. The van der Waals surface area contributed by atoms with Crippen LogP contribution in [0, 0.1) is 5.92 Å². The molecule has 0 radical (unpaired) electrons. The molecule has 3 atom stereocenters. The lowest BCUT2D eigenvalue weighted by Crippen LogP contribution is -2.44. The van der Waals surface area contributed by atoms with Gasteiger partial charge < -0.3 is 14.0 Å². The van der Waals surface area contributed by atoms with Gasteiger partial charge in [-0.05, 0) is 25.0 Å². The Kier molecular flexibility index (Phi) is 7.56. The van der Waals surface area contributed by atoms with Crippen LogP contribution in [0.3, 0.4) is 0 Å². The van der Waals surface area contributed by atoms with Crippen LogP contribution in [-0.2, 0) is 14.1 Å². The predicted octanol–water partition coefficient (Wildman–Crippen LogP) is 3.69. The molecule has 0 spiro atoms. The maximum Gasteiger partial charge on any atom is 0.421 e. The minimum absolute atomic E-state index is 0.0868. The molecule has 2 rings (SSSR count). The van der Waals surface area contributed by atoms with E-state index >= 15 is 0 Å². The van der Waals surface area contributed by atoms with Gasteiger partial charge in [0.2, 0.25) is 0 Å². The van der Waals surface area contributed by atoms with Crippen LogP contribution < -0.4 is 14.3 Å². The number of esters is 1. The number of rotatable bonds is 8. The Morgan fingerprint density at radius 3 is 2.59 bits per heavy atom. The first-order valence-electron chi connectivity index (χ1n) is 8.47. The zero-order valence-corrected chi connectivity index (χ0v) is 18.5. The number of carbonyl (C=O) groups is 1. The van der Waals surface area contributed by atoms with E-state index in [2.05, 4.69) is 5.09 Å². The van der Waals surface area contributed by atoms with E-state index in [4.69, 9.17) is 26.2 Å². The van der Waals surface area contributed by atoms with Crippen molar-refractivity contribution in [1.82, 2.24) is 9.76 Å². The van der Waals surface area contributed by atoms with Crippen molar-refractivity contribution in [2.24, 2.45) is 5.92 Å². The average molecular weight is 433 g/mol. The van der Waals surface area contributed by atoms with Gasteiger partial charge in [-0.3, -0.25) is 9.46 Å². The van der Waals surface area contributed by atoms with Gasteiger partial charge in [0, 0.05) is 11.8 Å². The fourth-order valence-corrected chi connectivity index (χ4v) is 7.21. The summed E-state index contributed by atoms with van der Waals surface area (Å²) in [5.74, 6) is 1.28. The smallest absolute Gasteiger partial charge is 0.421 e. The normalized spacial score (nSPS) is 20.3. The molecule has 150 valence electrons. The van der Waals surface area contributed by atoms with E-state index in [1.54, 1.807) is 35.9 Å². The Morgan fingerprint density at radius 2 is 2.00 bits per heavy atom. The molecule has 0 saturated carbocycles. The molecule has 1 aromatic rings. The third-order valence-electron chi connectivity index (χ3n) is 4.11. The minimum Gasteiger partial charge on any atom is -0.497 e. The Balaban J connectivity index is 2.42. The number of nitrogens with zero attached hydrogens (tertiary/aromatic N) is 1. The molecule has 1 aromatic carbocycles. The quantitative estimate of drug-likeness (QED) is 0.376. The number of benzene rings is 1. The minimum atomic E-state index is -3.74. The summed E-state index contributed by atoms with van der Waals surface area (Å²) in [6.45, 7) is 5.64. The fraction of sp³-hybridized carbons (Fsp3) is 0.529. The number of nitrogens with one attached hydrogen (secondary N) is 1. The van der Waals surface area contributed by atoms with E-state index in [-0.39, 0.29) is 12.0 Å². The van der Waals surface area contributed by atoms with Crippen LogP contribution in [0.15, 0.2) is 24.3 Å². The van der Waals surface area contributed by atoms with Crippen LogP contribution in [0.25, 0.3) is 0 Å². The van der Waals surface area contributed by atoms with Crippen LogP contribution >= 0.6 is 31.7 Å². The second-order valence-electron chi connectivity index (χ2n) is 6.40. The first kappa shape index (κ1) is 22.0. The lowest BCUT2D eigenvalue weighted by molar-refractivity contribution is -0.142. The summed E-state index contributed by atoms with van der Waals surface area (Å²) in [5.41, 5.74) is 0. The highest BCUT2D eigenvalue weighted by atomic mass is 32.2. The van der Waals surface area contributed by atoms with Gasteiger partial charge in [-0.2, -0.15) is 0 Å². The Morgan fingerprint density at radius 1 is 1.33 bits per heavy atom. The third kappa shape index (κ3) is 5.16. The van der Waals surface area contributed by atoms with E-state index < -0.39 is 19.7 Å². The average Bonchev–Trinajstić information content (AvgIpc) is 3.03. The summed E-state index contributed by atoms with van der Waals surface area (Å²) in [4.78, 5) is 11.9. The highest BCUT2D eigenvalue weighted by Gasteiger charge is 2.47. The summed E-state index contributed by atoms with van der Waals surface area (Å²) in [7, 11) is -0.925. The zero-order chi connectivity index (χ0) is 20.2. The van der Waals surface area contributed by atoms with Crippen molar-refractivity contribution in [3.63, 3.8) is 0 Å². The van der Waals surface area contributed by atoms with Crippen molar-refractivity contribution in [2.75, 3.05) is 20.0 Å². The number of methoxy groups -OCH3 is 2. The number of thioether (sulfide) groups is 1. The molecule has 1 N–H and O–H groups in total. The van der Waals surface area contributed by atoms with Crippen LogP contribution in [0.4, 0.5) is 0 Å². The molecule has 0 aliphatic carbocycles. The lowest BCUT2D eigenvalue weighted by Gasteiger charge is -2.35. The van der Waals surface area contributed by atoms with Crippen LogP contribution in [0.1, 0.15) is 20.8 Å². The largest absolute Gasteiger partial charge is 0.497 e. The highest BCUT2D eigenvalue weighted by Crippen LogP contribution is 2.54. The molecule has 1 aliphatic rings. The van der Waals surface area contributed by atoms with Gasteiger partial charge in [0.05, 0.1) is 20.3 Å². The first-order chi connectivity index (χ1) is 12.7. The molecular formula is C17H25N2O5PS2. The van der Waals surface area contributed by atoms with Crippen molar-refractivity contribution in [3.8, 4) is 11.5 Å². The zero-order valence-electron chi connectivity index (χ0n) is 16.0. The molecule has 7 nitrogen and oxygen atoms in total. The van der Waals surface area contributed by atoms with E-state index in [1.165, 1.54) is 26.0 Å². The van der Waals surface area contributed by atoms with Crippen LogP contribution in [-0.4, -0.2) is 47.0 Å². The molecule has 27 heavy (non-hydrogen) atoms. The Labute approximate surface area is 169 Å². The lowest BCUT2D eigenvalue weighted by atomic mass is 10.1. The maximum absolute atomic E-state index is 14.0. The van der Waals surface area contributed by atoms with E-state index in [0.29, 0.717) is 21.6 Å². The van der Waals surface area contributed by atoms with Gasteiger partial charge >= 0.3 is 13.6 Å². The molecule has 1 fully saturated rings. The number of thiocarbonyl (C=S) groups is 1. The summed E-state index contributed by atoms with van der Waals surface area (Å²) in [6, 6.07) is 5.88. The first-order valence-corrected chi connectivity index (χ1v) is 11.4.